The van der Waals surface area contributed by atoms with Gasteiger partial charge >= 0.3 is 5.97 Å². The highest BCUT2D eigenvalue weighted by molar-refractivity contribution is 8.26. The number of nitrogens with zero attached hydrogens (tertiary/aromatic N) is 2. The van der Waals surface area contributed by atoms with Gasteiger partial charge in [-0.15, -0.1) is 0 Å². The molecule has 1 fully saturated rings. The van der Waals surface area contributed by atoms with Gasteiger partial charge in [-0.2, -0.15) is 0 Å². The van der Waals surface area contributed by atoms with Crippen molar-refractivity contribution in [2.24, 2.45) is 0 Å². The molecule has 166 valence electrons. The van der Waals surface area contributed by atoms with E-state index in [0.29, 0.717) is 21.5 Å². The van der Waals surface area contributed by atoms with Crippen LogP contribution in [0.25, 0.3) is 6.08 Å². The standard InChI is InChI=1S/C23H22N2O5S2/c1-2-3-4-5-13-24-21(26)20(32-23(24)31)14-16-9-11-19(12-10-16)30-22(27)17-7-6-8-18(15-17)25(28)29/h6-12,14-15H,2-5,13H2,1H3/b20-14+. The summed E-state index contributed by atoms with van der Waals surface area (Å²) in [5, 5.41) is 10.9. The average molecular weight is 471 g/mol. The molecule has 32 heavy (non-hydrogen) atoms. The van der Waals surface area contributed by atoms with Crippen molar-refractivity contribution in [1.29, 1.82) is 0 Å². The van der Waals surface area contributed by atoms with E-state index in [1.54, 1.807) is 35.2 Å². The van der Waals surface area contributed by atoms with Crippen LogP contribution in [0.4, 0.5) is 5.69 Å². The fourth-order valence-electron chi connectivity index (χ4n) is 3.09. The molecule has 9 heteroatoms. The van der Waals surface area contributed by atoms with Crippen LogP contribution in [0.15, 0.2) is 53.4 Å². The number of amides is 1. The highest BCUT2D eigenvalue weighted by Crippen LogP contribution is 2.33. The SMILES string of the molecule is CCCCCCN1C(=O)/C(=C\c2ccc(OC(=O)c3cccc([N+](=O)[O-])c3)cc2)SC1=S. The Morgan fingerprint density at radius 1 is 1.19 bits per heavy atom. The maximum absolute atomic E-state index is 12.7. The summed E-state index contributed by atoms with van der Waals surface area (Å²) in [6.45, 7) is 2.77. The lowest BCUT2D eigenvalue weighted by atomic mass is 10.2. The van der Waals surface area contributed by atoms with E-state index < -0.39 is 10.9 Å². The summed E-state index contributed by atoms with van der Waals surface area (Å²) in [5.74, 6) is -0.481. The van der Waals surface area contributed by atoms with Crippen LogP contribution in [-0.4, -0.2) is 32.6 Å². The minimum absolute atomic E-state index is 0.0855. The van der Waals surface area contributed by atoms with Crippen LogP contribution in [0.5, 0.6) is 5.75 Å². The summed E-state index contributed by atoms with van der Waals surface area (Å²) < 4.78 is 5.87. The second-order valence-electron chi connectivity index (χ2n) is 7.16. The molecule has 0 N–H and O–H groups in total. The number of nitro groups is 1. The number of thiocarbonyl (C=S) groups is 1. The molecule has 0 bridgehead atoms. The van der Waals surface area contributed by atoms with Gasteiger partial charge in [0.25, 0.3) is 11.6 Å². The van der Waals surface area contributed by atoms with Gasteiger partial charge in [0.1, 0.15) is 10.1 Å². The van der Waals surface area contributed by atoms with E-state index in [4.69, 9.17) is 17.0 Å². The smallest absolute Gasteiger partial charge is 0.343 e. The van der Waals surface area contributed by atoms with Crippen molar-refractivity contribution < 1.29 is 19.2 Å². The molecular weight excluding hydrogens is 448 g/mol. The zero-order chi connectivity index (χ0) is 23.1. The zero-order valence-corrected chi connectivity index (χ0v) is 19.1. The molecule has 0 spiro atoms. The number of ether oxygens (including phenoxy) is 1. The third-order valence-corrected chi connectivity index (χ3v) is 6.17. The molecule has 1 aliphatic heterocycles. The molecule has 3 rings (SSSR count). The number of hydrogen-bond donors (Lipinski definition) is 0. The maximum atomic E-state index is 12.7. The first-order valence-corrected chi connectivity index (χ1v) is 11.4. The predicted molar refractivity (Wildman–Crippen MR) is 129 cm³/mol. The number of rotatable bonds is 9. The van der Waals surface area contributed by atoms with Crippen LogP contribution in [0.3, 0.4) is 0 Å². The molecule has 2 aromatic carbocycles. The van der Waals surface area contributed by atoms with Crippen molar-refractivity contribution >= 4 is 51.9 Å². The van der Waals surface area contributed by atoms with Gasteiger partial charge < -0.3 is 4.74 Å². The highest BCUT2D eigenvalue weighted by Gasteiger charge is 2.31. The summed E-state index contributed by atoms with van der Waals surface area (Å²) >= 11 is 6.64. The average Bonchev–Trinajstić information content (AvgIpc) is 3.05. The molecule has 1 saturated heterocycles. The monoisotopic (exact) mass is 470 g/mol. The van der Waals surface area contributed by atoms with Gasteiger partial charge in [0.15, 0.2) is 0 Å². The molecule has 0 radical (unpaired) electrons. The van der Waals surface area contributed by atoms with Crippen molar-refractivity contribution in [3.63, 3.8) is 0 Å². The lowest BCUT2D eigenvalue weighted by Gasteiger charge is -2.13. The molecule has 0 aromatic heterocycles. The molecule has 1 amide bonds. The van der Waals surface area contributed by atoms with E-state index >= 15 is 0 Å². The Bertz CT molecular complexity index is 1070. The molecular formula is C23H22N2O5S2. The lowest BCUT2D eigenvalue weighted by Crippen LogP contribution is -2.28. The van der Waals surface area contributed by atoms with Crippen LogP contribution >= 0.6 is 24.0 Å². The normalized spacial score (nSPS) is 14.8. The molecule has 0 unspecified atom stereocenters. The second kappa shape index (κ2) is 11.0. The first kappa shape index (κ1) is 23.6. The van der Waals surface area contributed by atoms with Gasteiger partial charge in [-0.1, -0.05) is 68.4 Å². The minimum atomic E-state index is -0.689. The van der Waals surface area contributed by atoms with Gasteiger partial charge in [-0.25, -0.2) is 4.79 Å². The second-order valence-corrected chi connectivity index (χ2v) is 8.84. The Hall–Kier alpha value is -3.04. The van der Waals surface area contributed by atoms with E-state index in [9.17, 15) is 19.7 Å². The molecule has 2 aromatic rings. The molecule has 0 aliphatic carbocycles. The highest BCUT2D eigenvalue weighted by atomic mass is 32.2. The molecule has 1 aliphatic rings. The number of non-ortho nitro benzene ring substituents is 1. The molecule has 0 atom stereocenters. The summed E-state index contributed by atoms with van der Waals surface area (Å²) in [6.07, 6.45) is 6.04. The quantitative estimate of drug-likeness (QED) is 0.0897. The zero-order valence-electron chi connectivity index (χ0n) is 17.5. The van der Waals surface area contributed by atoms with Crippen molar-refractivity contribution in [2.45, 2.75) is 32.6 Å². The minimum Gasteiger partial charge on any atom is -0.423 e. The third-order valence-electron chi connectivity index (χ3n) is 4.79. The topological polar surface area (TPSA) is 89.8 Å². The first-order valence-electron chi connectivity index (χ1n) is 10.2. The third kappa shape index (κ3) is 6.02. The van der Waals surface area contributed by atoms with Crippen LogP contribution in [0.2, 0.25) is 0 Å². The van der Waals surface area contributed by atoms with E-state index in [2.05, 4.69) is 6.92 Å². The Kier molecular flexibility index (Phi) is 8.13. The summed E-state index contributed by atoms with van der Waals surface area (Å²) in [4.78, 5) is 37.4. The van der Waals surface area contributed by atoms with Crippen molar-refractivity contribution in [3.8, 4) is 5.75 Å². The number of thioether (sulfide) groups is 1. The number of esters is 1. The fourth-order valence-corrected chi connectivity index (χ4v) is 4.39. The Labute approximate surface area is 195 Å². The van der Waals surface area contributed by atoms with Gasteiger partial charge in [0.2, 0.25) is 0 Å². The van der Waals surface area contributed by atoms with Gasteiger partial charge in [0, 0.05) is 18.7 Å². The Balaban J connectivity index is 1.63. The van der Waals surface area contributed by atoms with Crippen LogP contribution in [0.1, 0.15) is 48.5 Å². The van der Waals surface area contributed by atoms with Crippen molar-refractivity contribution in [1.82, 2.24) is 4.90 Å². The fraction of sp³-hybridized carbons (Fsp3) is 0.261. The molecule has 0 saturated carbocycles. The number of carbonyl (C=O) groups excluding carboxylic acids is 2. The summed E-state index contributed by atoms with van der Waals surface area (Å²) in [5.41, 5.74) is 0.676. The molecule has 1 heterocycles. The Morgan fingerprint density at radius 2 is 1.94 bits per heavy atom. The van der Waals surface area contributed by atoms with Crippen LogP contribution in [0, 0.1) is 10.1 Å². The van der Waals surface area contributed by atoms with Gasteiger partial charge in [0.05, 0.1) is 15.4 Å². The first-order chi connectivity index (χ1) is 15.4. The van der Waals surface area contributed by atoms with E-state index in [1.807, 2.05) is 0 Å². The summed E-state index contributed by atoms with van der Waals surface area (Å²) in [7, 11) is 0. The van der Waals surface area contributed by atoms with Gasteiger partial charge in [-0.05, 0) is 36.3 Å². The Morgan fingerprint density at radius 3 is 2.62 bits per heavy atom. The predicted octanol–water partition coefficient (Wildman–Crippen LogP) is 5.60. The number of benzene rings is 2. The van der Waals surface area contributed by atoms with Crippen LogP contribution in [-0.2, 0) is 4.79 Å². The van der Waals surface area contributed by atoms with E-state index in [0.717, 1.165) is 31.2 Å². The number of unbranched alkanes of at least 4 members (excludes halogenated alkanes) is 3. The maximum Gasteiger partial charge on any atom is 0.343 e. The van der Waals surface area contributed by atoms with Crippen molar-refractivity contribution in [2.75, 3.05) is 6.54 Å². The number of nitro benzene ring substituents is 1. The summed E-state index contributed by atoms with van der Waals surface area (Å²) in [6, 6.07) is 12.0. The molecule has 7 nitrogen and oxygen atoms in total. The van der Waals surface area contributed by atoms with Gasteiger partial charge in [-0.3, -0.25) is 19.8 Å². The number of carbonyl (C=O) groups is 2. The lowest BCUT2D eigenvalue weighted by molar-refractivity contribution is -0.384. The van der Waals surface area contributed by atoms with E-state index in [1.165, 1.54) is 36.0 Å². The van der Waals surface area contributed by atoms with E-state index in [-0.39, 0.29) is 17.2 Å². The van der Waals surface area contributed by atoms with Crippen molar-refractivity contribution in [3.05, 3.63) is 74.7 Å². The van der Waals surface area contributed by atoms with Crippen LogP contribution < -0.4 is 4.74 Å². The largest absolute Gasteiger partial charge is 0.423 e. The number of hydrogen-bond acceptors (Lipinski definition) is 7.